The summed E-state index contributed by atoms with van der Waals surface area (Å²) < 4.78 is 0. The fourth-order valence-electron chi connectivity index (χ4n) is 4.54. The molecule has 6 atom stereocenters. The Morgan fingerprint density at radius 2 is 2.12 bits per heavy atom. The van der Waals surface area contributed by atoms with Crippen LogP contribution in [0.15, 0.2) is 24.8 Å². The van der Waals surface area contributed by atoms with Crippen LogP contribution in [-0.2, 0) is 4.79 Å². The van der Waals surface area contributed by atoms with Crippen molar-refractivity contribution in [2.75, 3.05) is 0 Å². The van der Waals surface area contributed by atoms with Crippen molar-refractivity contribution in [1.82, 2.24) is 0 Å². The van der Waals surface area contributed by atoms with Crippen LogP contribution >= 0.6 is 0 Å². The fourth-order valence-corrected chi connectivity index (χ4v) is 4.54. The minimum absolute atomic E-state index is 0.148. The first kappa shape index (κ1) is 11.1. The van der Waals surface area contributed by atoms with E-state index < -0.39 is 5.97 Å². The van der Waals surface area contributed by atoms with Gasteiger partial charge in [-0.25, -0.2) is 0 Å². The third-order valence-corrected chi connectivity index (χ3v) is 5.27. The molecule has 0 amide bonds. The number of allylic oxidation sites excluding steroid dienone is 3. The molecule has 0 heterocycles. The topological polar surface area (TPSA) is 37.3 Å². The summed E-state index contributed by atoms with van der Waals surface area (Å²) in [6.45, 7) is 3.85. The fraction of sp³-hybridized carbons (Fsp3) is 0.667. The number of carboxylic acids is 1. The van der Waals surface area contributed by atoms with E-state index in [0.717, 1.165) is 18.3 Å². The first-order valence-corrected chi connectivity index (χ1v) is 6.76. The average molecular weight is 232 g/mol. The molecule has 0 bridgehead atoms. The van der Waals surface area contributed by atoms with Crippen LogP contribution in [0.4, 0.5) is 0 Å². The molecule has 0 unspecified atom stereocenters. The molecule has 0 aromatic heterocycles. The Morgan fingerprint density at radius 3 is 2.82 bits per heavy atom. The predicted molar refractivity (Wildman–Crippen MR) is 66.4 cm³/mol. The van der Waals surface area contributed by atoms with Crippen LogP contribution in [0.3, 0.4) is 0 Å². The maximum atomic E-state index is 11.3. The van der Waals surface area contributed by atoms with E-state index in [-0.39, 0.29) is 11.8 Å². The van der Waals surface area contributed by atoms with Gasteiger partial charge < -0.3 is 5.11 Å². The number of hydrogen-bond donors (Lipinski definition) is 1. The van der Waals surface area contributed by atoms with Crippen LogP contribution < -0.4 is 0 Å². The van der Waals surface area contributed by atoms with Crippen LogP contribution in [0, 0.1) is 35.5 Å². The molecule has 0 aliphatic heterocycles. The summed E-state index contributed by atoms with van der Waals surface area (Å²) >= 11 is 0. The van der Waals surface area contributed by atoms with Gasteiger partial charge in [0, 0.05) is 0 Å². The first-order valence-electron chi connectivity index (χ1n) is 6.76. The molecule has 92 valence electrons. The van der Waals surface area contributed by atoms with Crippen LogP contribution in [0.5, 0.6) is 0 Å². The highest BCUT2D eigenvalue weighted by Crippen LogP contribution is 2.54. The highest BCUT2D eigenvalue weighted by atomic mass is 16.4. The molecule has 2 nitrogen and oxygen atoms in total. The molecule has 3 rings (SSSR count). The molecule has 0 aromatic carbocycles. The molecule has 2 heteroatoms. The summed E-state index contributed by atoms with van der Waals surface area (Å²) in [5.74, 6) is 1.82. The average Bonchev–Trinajstić information content (AvgIpc) is 2.91. The Morgan fingerprint density at radius 1 is 1.29 bits per heavy atom. The van der Waals surface area contributed by atoms with Gasteiger partial charge in [-0.2, -0.15) is 0 Å². The van der Waals surface area contributed by atoms with E-state index in [9.17, 15) is 9.90 Å². The maximum absolute atomic E-state index is 11.3. The van der Waals surface area contributed by atoms with Crippen molar-refractivity contribution in [3.63, 3.8) is 0 Å². The van der Waals surface area contributed by atoms with Gasteiger partial charge in [0.1, 0.15) is 0 Å². The van der Waals surface area contributed by atoms with E-state index in [2.05, 4.69) is 18.7 Å². The lowest BCUT2D eigenvalue weighted by molar-refractivity contribution is -0.142. The van der Waals surface area contributed by atoms with E-state index in [1.165, 1.54) is 19.3 Å². The molecule has 0 saturated heterocycles. The summed E-state index contributed by atoms with van der Waals surface area (Å²) in [6, 6.07) is 0. The smallest absolute Gasteiger partial charge is 0.307 e. The lowest BCUT2D eigenvalue weighted by atomic mass is 9.72. The zero-order valence-electron chi connectivity index (χ0n) is 10.1. The molecule has 3 aliphatic rings. The van der Waals surface area contributed by atoms with Crippen molar-refractivity contribution in [3.05, 3.63) is 24.8 Å². The van der Waals surface area contributed by atoms with Crippen molar-refractivity contribution in [3.8, 4) is 0 Å². The number of carbonyl (C=O) groups is 1. The van der Waals surface area contributed by atoms with Gasteiger partial charge in [-0.15, -0.1) is 6.58 Å². The molecule has 17 heavy (non-hydrogen) atoms. The Labute approximate surface area is 102 Å². The van der Waals surface area contributed by atoms with Gasteiger partial charge >= 0.3 is 5.97 Å². The number of hydrogen-bond acceptors (Lipinski definition) is 1. The second-order valence-electron chi connectivity index (χ2n) is 5.88. The van der Waals surface area contributed by atoms with Crippen LogP contribution in [0.25, 0.3) is 0 Å². The lowest BCUT2D eigenvalue weighted by Gasteiger charge is -2.33. The molecule has 1 N–H and O–H groups in total. The summed E-state index contributed by atoms with van der Waals surface area (Å²) in [4.78, 5) is 11.3. The summed E-state index contributed by atoms with van der Waals surface area (Å²) in [7, 11) is 0. The van der Waals surface area contributed by atoms with Crippen LogP contribution in [0.1, 0.15) is 25.7 Å². The van der Waals surface area contributed by atoms with E-state index >= 15 is 0 Å². The molecular weight excluding hydrogens is 212 g/mol. The summed E-state index contributed by atoms with van der Waals surface area (Å²) in [5.41, 5.74) is 0. The number of aliphatic carboxylic acids is 1. The van der Waals surface area contributed by atoms with Crippen molar-refractivity contribution in [2.45, 2.75) is 25.7 Å². The normalized spacial score (nSPS) is 47.5. The van der Waals surface area contributed by atoms with E-state index in [1.54, 1.807) is 0 Å². The standard InChI is InChI=1S/C15H20O2/c1-2-10-12-7-6-9-4-3-5-11(9)13(12)8-14(10)15(16)17/h2,6-7,9-14H,1,3-5,8H2,(H,16,17)/t9-,10-,11-,12-,13+,14+/m0/s1. The van der Waals surface area contributed by atoms with Crippen LogP contribution in [0.2, 0.25) is 0 Å². The largest absolute Gasteiger partial charge is 0.481 e. The molecule has 0 spiro atoms. The van der Waals surface area contributed by atoms with Gasteiger partial charge in [-0.3, -0.25) is 4.79 Å². The quantitative estimate of drug-likeness (QED) is 0.743. The van der Waals surface area contributed by atoms with Gasteiger partial charge in [-0.1, -0.05) is 24.6 Å². The van der Waals surface area contributed by atoms with Crippen molar-refractivity contribution >= 4 is 5.97 Å². The van der Waals surface area contributed by atoms with E-state index in [4.69, 9.17) is 0 Å². The monoisotopic (exact) mass is 232 g/mol. The Bertz CT molecular complexity index is 371. The van der Waals surface area contributed by atoms with Crippen molar-refractivity contribution in [1.29, 1.82) is 0 Å². The van der Waals surface area contributed by atoms with Gasteiger partial charge in [0.2, 0.25) is 0 Å². The van der Waals surface area contributed by atoms with Gasteiger partial charge in [-0.05, 0) is 48.9 Å². The molecule has 2 saturated carbocycles. The van der Waals surface area contributed by atoms with E-state index in [0.29, 0.717) is 11.8 Å². The third kappa shape index (κ3) is 1.57. The Balaban J connectivity index is 1.90. The maximum Gasteiger partial charge on any atom is 0.307 e. The van der Waals surface area contributed by atoms with Gasteiger partial charge in [0.25, 0.3) is 0 Å². The van der Waals surface area contributed by atoms with Gasteiger partial charge in [0.05, 0.1) is 5.92 Å². The first-order chi connectivity index (χ1) is 8.22. The Kier molecular flexibility index (Phi) is 2.61. The van der Waals surface area contributed by atoms with Crippen molar-refractivity contribution in [2.24, 2.45) is 35.5 Å². The molecule has 2 fully saturated rings. The molecule has 3 aliphatic carbocycles. The summed E-state index contributed by atoms with van der Waals surface area (Å²) in [6.07, 6.45) is 11.3. The third-order valence-electron chi connectivity index (χ3n) is 5.27. The minimum atomic E-state index is -0.632. The number of fused-ring (bicyclic) bond motifs is 3. The lowest BCUT2D eigenvalue weighted by Crippen LogP contribution is -2.26. The van der Waals surface area contributed by atoms with E-state index in [1.807, 2.05) is 6.08 Å². The number of rotatable bonds is 2. The highest BCUT2D eigenvalue weighted by Gasteiger charge is 2.50. The molecule has 0 radical (unpaired) electrons. The summed E-state index contributed by atoms with van der Waals surface area (Å²) in [5, 5.41) is 9.33. The number of carboxylic acid groups (broad SMARTS) is 1. The second kappa shape index (κ2) is 4.01. The molecular formula is C15H20O2. The SMILES string of the molecule is C=C[C@H]1[C@@H]2C=C[C@@H]3CCC[C@@H]3[C@H]2C[C@H]1C(=O)O. The van der Waals surface area contributed by atoms with Gasteiger partial charge in [0.15, 0.2) is 0 Å². The highest BCUT2D eigenvalue weighted by molar-refractivity contribution is 5.71. The predicted octanol–water partition coefficient (Wildman–Crippen LogP) is 3.11. The minimum Gasteiger partial charge on any atom is -0.481 e. The molecule has 0 aromatic rings. The van der Waals surface area contributed by atoms with Crippen LogP contribution in [-0.4, -0.2) is 11.1 Å². The zero-order chi connectivity index (χ0) is 12.0. The van der Waals surface area contributed by atoms with Crippen molar-refractivity contribution < 1.29 is 9.90 Å². The zero-order valence-corrected chi connectivity index (χ0v) is 10.1. The second-order valence-corrected chi connectivity index (χ2v) is 5.88. The Hall–Kier alpha value is -1.05.